The summed E-state index contributed by atoms with van der Waals surface area (Å²) >= 11 is 7.05. The Kier molecular flexibility index (Phi) is 6.97. The van der Waals surface area contributed by atoms with E-state index < -0.39 is 11.9 Å². The van der Waals surface area contributed by atoms with Crippen LogP contribution in [0.5, 0.6) is 0 Å². The van der Waals surface area contributed by atoms with Crippen molar-refractivity contribution in [1.82, 2.24) is 15.2 Å². The molecular weight excluding hydrogens is 476 g/mol. The second kappa shape index (κ2) is 9.92. The first-order valence-electron chi connectivity index (χ1n) is 10.6. The van der Waals surface area contributed by atoms with E-state index >= 15 is 0 Å². The summed E-state index contributed by atoms with van der Waals surface area (Å²) in [6, 6.07) is 9.78. The van der Waals surface area contributed by atoms with Crippen LogP contribution < -0.4 is 10.6 Å². The van der Waals surface area contributed by atoms with Crippen LogP contribution >= 0.6 is 22.9 Å². The van der Waals surface area contributed by atoms with Gasteiger partial charge in [-0.05, 0) is 60.9 Å². The van der Waals surface area contributed by atoms with Crippen molar-refractivity contribution in [3.05, 3.63) is 79.8 Å². The monoisotopic (exact) mass is 498 g/mol. The smallest absolute Gasteiger partial charge is 0.335 e. The van der Waals surface area contributed by atoms with Crippen molar-refractivity contribution >= 4 is 46.4 Å². The summed E-state index contributed by atoms with van der Waals surface area (Å²) < 4.78 is 0.502. The molecule has 34 heavy (non-hydrogen) atoms. The minimum absolute atomic E-state index is 0.0184. The molecule has 176 valence electrons. The molecule has 0 fully saturated rings. The Morgan fingerprint density at radius 2 is 1.88 bits per heavy atom. The number of aromatic nitrogens is 1. The summed E-state index contributed by atoms with van der Waals surface area (Å²) in [4.78, 5) is 43.9. The number of benzene rings is 1. The fourth-order valence-corrected chi connectivity index (χ4v) is 4.62. The maximum Gasteiger partial charge on any atom is 0.335 e. The molecule has 3 heterocycles. The number of carbonyl (C=O) groups excluding carboxylic acids is 2. The van der Waals surface area contributed by atoms with Crippen LogP contribution in [0.3, 0.4) is 0 Å². The summed E-state index contributed by atoms with van der Waals surface area (Å²) in [7, 11) is 0. The lowest BCUT2D eigenvalue weighted by Crippen LogP contribution is -2.24. The summed E-state index contributed by atoms with van der Waals surface area (Å²) in [5.41, 5.74) is 3.26. The molecule has 4 rings (SSSR count). The number of halogens is 1. The predicted octanol–water partition coefficient (Wildman–Crippen LogP) is 4.40. The first kappa shape index (κ1) is 23.9. The van der Waals surface area contributed by atoms with Crippen molar-refractivity contribution < 1.29 is 19.5 Å². The summed E-state index contributed by atoms with van der Waals surface area (Å²) in [6.45, 7) is 5.87. The van der Waals surface area contributed by atoms with Crippen LogP contribution in [0.15, 0.2) is 42.6 Å². The molecule has 0 spiro atoms. The highest BCUT2D eigenvalue weighted by molar-refractivity contribution is 7.18. The van der Waals surface area contributed by atoms with Gasteiger partial charge >= 0.3 is 5.97 Å². The number of hydrogen-bond acceptors (Lipinski definition) is 6. The molecule has 0 radical (unpaired) electrons. The summed E-state index contributed by atoms with van der Waals surface area (Å²) in [6.07, 6.45) is 1.72. The van der Waals surface area contributed by atoms with Crippen LogP contribution in [-0.4, -0.2) is 38.8 Å². The van der Waals surface area contributed by atoms with Gasteiger partial charge in [-0.2, -0.15) is 0 Å². The van der Waals surface area contributed by atoms with Crippen LogP contribution in [0.2, 0.25) is 4.34 Å². The van der Waals surface area contributed by atoms with Gasteiger partial charge in [-0.15, -0.1) is 11.3 Å². The SMILES string of the molecule is CC(C)N1Cc2cnc(C(=O)Nc3cc(C(=O)O)ccc3CNC(=O)c3ccc(Cl)s3)cc2C1. The molecule has 1 aliphatic heterocycles. The average molecular weight is 499 g/mol. The van der Waals surface area contributed by atoms with Gasteiger partial charge in [-0.1, -0.05) is 17.7 Å². The number of anilines is 1. The number of aromatic carboxylic acids is 1. The Labute approximate surface area is 205 Å². The van der Waals surface area contributed by atoms with E-state index in [0.717, 1.165) is 35.6 Å². The van der Waals surface area contributed by atoms with Gasteiger partial charge in [-0.3, -0.25) is 19.5 Å². The lowest BCUT2D eigenvalue weighted by Gasteiger charge is -2.18. The molecule has 0 bridgehead atoms. The molecule has 0 atom stereocenters. The highest BCUT2D eigenvalue weighted by Gasteiger charge is 2.23. The molecule has 3 aromatic rings. The minimum atomic E-state index is -1.12. The van der Waals surface area contributed by atoms with Crippen LogP contribution in [0, 0.1) is 0 Å². The maximum absolute atomic E-state index is 13.0. The van der Waals surface area contributed by atoms with E-state index in [1.807, 2.05) is 0 Å². The number of pyridine rings is 1. The van der Waals surface area contributed by atoms with Gasteiger partial charge in [0.15, 0.2) is 0 Å². The Morgan fingerprint density at radius 3 is 2.56 bits per heavy atom. The number of thiophene rings is 1. The predicted molar refractivity (Wildman–Crippen MR) is 130 cm³/mol. The number of rotatable bonds is 7. The number of carboxylic acid groups (broad SMARTS) is 1. The number of carbonyl (C=O) groups is 3. The van der Waals surface area contributed by atoms with Gasteiger partial charge in [0.1, 0.15) is 5.69 Å². The molecule has 2 aromatic heterocycles. The van der Waals surface area contributed by atoms with E-state index in [-0.39, 0.29) is 23.7 Å². The molecule has 0 saturated carbocycles. The van der Waals surface area contributed by atoms with E-state index in [0.29, 0.717) is 26.5 Å². The molecular formula is C24H23ClN4O4S. The third-order valence-corrected chi connectivity index (χ3v) is 6.86. The van der Waals surface area contributed by atoms with Crippen molar-refractivity contribution in [2.75, 3.05) is 5.32 Å². The third-order valence-electron chi connectivity index (χ3n) is 5.63. The standard InChI is InChI=1S/C24H23ClN4O4S/c1-13(2)29-11-16-8-19(26-10-17(16)12-29)22(30)28-18-7-14(24(32)33)3-4-15(18)9-27-23(31)20-5-6-21(25)34-20/h3-8,10,13H,9,11-12H2,1-2H3,(H,27,31)(H,28,30)(H,32,33). The Morgan fingerprint density at radius 1 is 1.12 bits per heavy atom. The zero-order valence-corrected chi connectivity index (χ0v) is 20.2. The number of nitrogens with one attached hydrogen (secondary N) is 2. The molecule has 2 amide bonds. The van der Waals surface area contributed by atoms with Gasteiger partial charge in [0.2, 0.25) is 0 Å². The van der Waals surface area contributed by atoms with Crippen molar-refractivity contribution in [3.8, 4) is 0 Å². The van der Waals surface area contributed by atoms with E-state index in [2.05, 4.69) is 34.4 Å². The van der Waals surface area contributed by atoms with Crippen molar-refractivity contribution in [3.63, 3.8) is 0 Å². The largest absolute Gasteiger partial charge is 0.478 e. The normalized spacial score (nSPS) is 13.1. The lowest BCUT2D eigenvalue weighted by molar-refractivity contribution is 0.0696. The first-order chi connectivity index (χ1) is 16.2. The zero-order chi connectivity index (χ0) is 24.4. The summed E-state index contributed by atoms with van der Waals surface area (Å²) in [5, 5.41) is 14.9. The summed E-state index contributed by atoms with van der Waals surface area (Å²) in [5.74, 6) is -1.89. The molecule has 0 saturated heterocycles. The topological polar surface area (TPSA) is 112 Å². The van der Waals surface area contributed by atoms with E-state index in [1.54, 1.807) is 30.5 Å². The zero-order valence-electron chi connectivity index (χ0n) is 18.6. The molecule has 8 nitrogen and oxygen atoms in total. The number of hydrogen-bond donors (Lipinski definition) is 3. The molecule has 0 unspecified atom stereocenters. The van der Waals surface area contributed by atoms with Gasteiger partial charge in [0.25, 0.3) is 11.8 Å². The van der Waals surface area contributed by atoms with Gasteiger partial charge in [0.05, 0.1) is 14.8 Å². The Bertz CT molecular complexity index is 1270. The van der Waals surface area contributed by atoms with Crippen molar-refractivity contribution in [2.45, 2.75) is 39.5 Å². The number of amides is 2. The van der Waals surface area contributed by atoms with Crippen LogP contribution in [0.4, 0.5) is 5.69 Å². The quantitative estimate of drug-likeness (QED) is 0.445. The van der Waals surface area contributed by atoms with Gasteiger partial charge in [0, 0.05) is 37.6 Å². The van der Waals surface area contributed by atoms with Crippen molar-refractivity contribution in [1.29, 1.82) is 0 Å². The van der Waals surface area contributed by atoms with Gasteiger partial charge < -0.3 is 15.7 Å². The van der Waals surface area contributed by atoms with Crippen LogP contribution in [-0.2, 0) is 19.6 Å². The van der Waals surface area contributed by atoms with Crippen molar-refractivity contribution in [2.24, 2.45) is 0 Å². The molecule has 1 aromatic carbocycles. The highest BCUT2D eigenvalue weighted by Crippen LogP contribution is 2.26. The average Bonchev–Trinajstić information content (AvgIpc) is 3.43. The van der Waals surface area contributed by atoms with Gasteiger partial charge in [-0.25, -0.2) is 4.79 Å². The molecule has 3 N–H and O–H groups in total. The number of fused-ring (bicyclic) bond motifs is 1. The van der Waals surface area contributed by atoms with Crippen LogP contribution in [0.25, 0.3) is 0 Å². The van der Waals surface area contributed by atoms with E-state index in [4.69, 9.17) is 11.6 Å². The highest BCUT2D eigenvalue weighted by atomic mass is 35.5. The third kappa shape index (κ3) is 5.27. The second-order valence-electron chi connectivity index (χ2n) is 8.25. The Balaban J connectivity index is 1.53. The fraction of sp³-hybridized carbons (Fsp3) is 0.250. The molecule has 10 heteroatoms. The van der Waals surface area contributed by atoms with Crippen LogP contribution in [0.1, 0.15) is 61.1 Å². The lowest BCUT2D eigenvalue weighted by atomic mass is 10.1. The number of carboxylic acids is 1. The van der Waals surface area contributed by atoms with E-state index in [1.165, 1.54) is 12.1 Å². The first-order valence-corrected chi connectivity index (χ1v) is 11.8. The Hall–Kier alpha value is -3.27. The second-order valence-corrected chi connectivity index (χ2v) is 9.97. The molecule has 0 aliphatic carbocycles. The fourth-order valence-electron chi connectivity index (χ4n) is 3.66. The molecule has 1 aliphatic rings. The maximum atomic E-state index is 13.0. The minimum Gasteiger partial charge on any atom is -0.478 e. The van der Waals surface area contributed by atoms with E-state index in [9.17, 15) is 19.5 Å². The number of nitrogens with zero attached hydrogens (tertiary/aromatic N) is 2.